The molecule has 1 aliphatic heterocycles. The molecule has 2 N–H and O–H groups in total. The Balaban J connectivity index is 1.55. The Morgan fingerprint density at radius 1 is 0.967 bits per heavy atom. The number of hydrogen-bond donors (Lipinski definition) is 2. The second-order valence-electron chi connectivity index (χ2n) is 6.51. The Kier molecular flexibility index (Phi) is 5.91. The van der Waals surface area contributed by atoms with E-state index in [9.17, 15) is 24.0 Å². The summed E-state index contributed by atoms with van der Waals surface area (Å²) in [5, 5.41) is 5.01. The summed E-state index contributed by atoms with van der Waals surface area (Å²) in [4.78, 5) is 61.5. The molecule has 0 saturated heterocycles. The molecule has 154 valence electrons. The number of imide groups is 1. The van der Waals surface area contributed by atoms with E-state index in [0.717, 1.165) is 4.90 Å². The Bertz CT molecular complexity index is 996. The number of fused-ring (bicyclic) bond motifs is 1. The van der Waals surface area contributed by atoms with E-state index in [2.05, 4.69) is 10.6 Å². The van der Waals surface area contributed by atoms with Crippen molar-refractivity contribution in [3.8, 4) is 0 Å². The normalized spacial score (nSPS) is 13.5. The zero-order valence-electron chi connectivity index (χ0n) is 16.3. The van der Waals surface area contributed by atoms with Gasteiger partial charge in [-0.25, -0.2) is 4.79 Å². The number of ether oxygens (including phenoxy) is 1. The number of benzene rings is 2. The highest BCUT2D eigenvalue weighted by molar-refractivity contribution is 6.22. The number of nitrogens with one attached hydrogen (secondary N) is 2. The molecule has 0 unspecified atom stereocenters. The van der Waals surface area contributed by atoms with Crippen molar-refractivity contribution in [3.63, 3.8) is 0 Å². The number of rotatable bonds is 6. The average Bonchev–Trinajstić information content (AvgIpc) is 3.02. The number of nitrogens with zero attached hydrogens (tertiary/aromatic N) is 1. The number of esters is 1. The van der Waals surface area contributed by atoms with Gasteiger partial charge in [-0.15, -0.1) is 0 Å². The third-order valence-corrected chi connectivity index (χ3v) is 4.56. The van der Waals surface area contributed by atoms with E-state index >= 15 is 0 Å². The lowest BCUT2D eigenvalue weighted by Crippen LogP contribution is -2.44. The molecule has 2 aromatic carbocycles. The summed E-state index contributed by atoms with van der Waals surface area (Å²) in [6, 6.07) is 11.2. The van der Waals surface area contributed by atoms with E-state index in [1.165, 1.54) is 50.4 Å². The van der Waals surface area contributed by atoms with E-state index in [0.29, 0.717) is 11.3 Å². The lowest BCUT2D eigenvalue weighted by molar-refractivity contribution is -0.150. The van der Waals surface area contributed by atoms with Gasteiger partial charge in [-0.1, -0.05) is 12.1 Å². The van der Waals surface area contributed by atoms with Crippen LogP contribution in [-0.4, -0.2) is 54.2 Å². The summed E-state index contributed by atoms with van der Waals surface area (Å²) < 4.78 is 4.96. The van der Waals surface area contributed by atoms with Crippen molar-refractivity contribution in [3.05, 3.63) is 65.2 Å². The van der Waals surface area contributed by atoms with Crippen molar-refractivity contribution in [2.24, 2.45) is 0 Å². The maximum Gasteiger partial charge on any atom is 0.329 e. The van der Waals surface area contributed by atoms with Crippen molar-refractivity contribution in [2.45, 2.75) is 13.0 Å². The highest BCUT2D eigenvalue weighted by Crippen LogP contribution is 2.24. The standard InChI is InChI=1S/C21H19N3O6/c1-12(24-19(27)15-5-3-4-6-16(15)20(24)28)21(29)30-11-17(25)23-14-9-7-13(8-10-14)18(26)22-2/h3-10,12H,11H2,1-2H3,(H,22,26)(H,23,25)/t12-/m0/s1. The van der Waals surface area contributed by atoms with Crippen LogP contribution < -0.4 is 10.6 Å². The minimum atomic E-state index is -1.18. The van der Waals surface area contributed by atoms with Crippen LogP contribution >= 0.6 is 0 Å². The van der Waals surface area contributed by atoms with Crippen molar-refractivity contribution in [1.29, 1.82) is 0 Å². The number of hydrogen-bond acceptors (Lipinski definition) is 6. The fourth-order valence-corrected chi connectivity index (χ4v) is 2.97. The Labute approximate surface area is 172 Å². The maximum absolute atomic E-state index is 12.4. The van der Waals surface area contributed by atoms with Gasteiger partial charge in [0.2, 0.25) is 0 Å². The van der Waals surface area contributed by atoms with Crippen LogP contribution in [0.2, 0.25) is 0 Å². The van der Waals surface area contributed by atoms with Crippen molar-refractivity contribution in [1.82, 2.24) is 10.2 Å². The first-order chi connectivity index (χ1) is 14.3. The van der Waals surface area contributed by atoms with Gasteiger partial charge in [0.1, 0.15) is 6.04 Å². The van der Waals surface area contributed by atoms with Crippen molar-refractivity contribution >= 4 is 35.3 Å². The fraction of sp³-hybridized carbons (Fsp3) is 0.190. The summed E-state index contributed by atoms with van der Waals surface area (Å²) in [5.41, 5.74) is 1.29. The van der Waals surface area contributed by atoms with Crippen LogP contribution in [-0.2, 0) is 14.3 Å². The molecule has 1 atom stereocenters. The summed E-state index contributed by atoms with van der Waals surface area (Å²) >= 11 is 0. The van der Waals surface area contributed by atoms with Crippen LogP contribution in [0.1, 0.15) is 38.0 Å². The fourth-order valence-electron chi connectivity index (χ4n) is 2.97. The minimum absolute atomic E-state index is 0.222. The van der Waals surface area contributed by atoms with Gasteiger partial charge in [-0.05, 0) is 43.3 Å². The predicted molar refractivity (Wildman–Crippen MR) is 106 cm³/mol. The number of amides is 4. The summed E-state index contributed by atoms with van der Waals surface area (Å²) in [7, 11) is 1.51. The van der Waals surface area contributed by atoms with Crippen LogP contribution in [0.3, 0.4) is 0 Å². The minimum Gasteiger partial charge on any atom is -0.454 e. The molecule has 3 rings (SSSR count). The average molecular weight is 409 g/mol. The van der Waals surface area contributed by atoms with Gasteiger partial charge in [0.15, 0.2) is 6.61 Å². The third kappa shape index (κ3) is 4.04. The van der Waals surface area contributed by atoms with Gasteiger partial charge in [0.25, 0.3) is 23.6 Å². The SMILES string of the molecule is CNC(=O)c1ccc(NC(=O)COC(=O)[C@H](C)N2C(=O)c3ccccc3C2=O)cc1. The molecule has 0 aromatic heterocycles. The van der Waals surface area contributed by atoms with Gasteiger partial charge in [0.05, 0.1) is 11.1 Å². The summed E-state index contributed by atoms with van der Waals surface area (Å²) in [5.74, 6) is -2.91. The Hall–Kier alpha value is -4.01. The van der Waals surface area contributed by atoms with Gasteiger partial charge in [-0.3, -0.25) is 24.1 Å². The second-order valence-corrected chi connectivity index (χ2v) is 6.51. The molecule has 9 heteroatoms. The van der Waals surface area contributed by atoms with E-state index in [-0.39, 0.29) is 17.0 Å². The molecular formula is C21H19N3O6. The maximum atomic E-state index is 12.4. The molecule has 30 heavy (non-hydrogen) atoms. The highest BCUT2D eigenvalue weighted by Gasteiger charge is 2.41. The van der Waals surface area contributed by atoms with Crippen molar-refractivity contribution < 1.29 is 28.7 Å². The van der Waals surface area contributed by atoms with Crippen LogP contribution in [0, 0.1) is 0 Å². The molecule has 0 bridgehead atoms. The first-order valence-electron chi connectivity index (χ1n) is 9.09. The molecule has 4 amide bonds. The number of anilines is 1. The highest BCUT2D eigenvalue weighted by atomic mass is 16.5. The molecular weight excluding hydrogens is 390 g/mol. The first kappa shape index (κ1) is 20.7. The van der Waals surface area contributed by atoms with Crippen LogP contribution in [0.15, 0.2) is 48.5 Å². The second kappa shape index (κ2) is 8.56. The zero-order valence-corrected chi connectivity index (χ0v) is 16.3. The molecule has 0 aliphatic carbocycles. The molecule has 0 radical (unpaired) electrons. The van der Waals surface area contributed by atoms with Crippen LogP contribution in [0.5, 0.6) is 0 Å². The molecule has 0 saturated carbocycles. The Morgan fingerprint density at radius 3 is 2.07 bits per heavy atom. The predicted octanol–water partition coefficient (Wildman–Crippen LogP) is 1.21. The molecule has 9 nitrogen and oxygen atoms in total. The topological polar surface area (TPSA) is 122 Å². The molecule has 2 aromatic rings. The van der Waals surface area contributed by atoms with Gasteiger partial charge in [0, 0.05) is 18.3 Å². The van der Waals surface area contributed by atoms with Gasteiger partial charge >= 0.3 is 5.97 Å². The van der Waals surface area contributed by atoms with Crippen LogP contribution in [0.4, 0.5) is 5.69 Å². The van der Waals surface area contributed by atoms with E-state index in [4.69, 9.17) is 4.74 Å². The van der Waals surface area contributed by atoms with Gasteiger partial charge < -0.3 is 15.4 Å². The smallest absolute Gasteiger partial charge is 0.329 e. The molecule has 1 aliphatic rings. The van der Waals surface area contributed by atoms with Crippen molar-refractivity contribution in [2.75, 3.05) is 19.0 Å². The summed E-state index contributed by atoms with van der Waals surface area (Å²) in [6.45, 7) is 0.767. The van der Waals surface area contributed by atoms with E-state index in [1.807, 2.05) is 0 Å². The molecule has 0 fully saturated rings. The molecule has 1 heterocycles. The largest absolute Gasteiger partial charge is 0.454 e. The number of carbonyl (C=O) groups excluding carboxylic acids is 5. The number of carbonyl (C=O) groups is 5. The zero-order chi connectivity index (χ0) is 21.8. The molecule has 0 spiro atoms. The van der Waals surface area contributed by atoms with E-state index < -0.39 is 36.3 Å². The summed E-state index contributed by atoms with van der Waals surface area (Å²) in [6.07, 6.45) is 0. The quantitative estimate of drug-likeness (QED) is 0.546. The van der Waals surface area contributed by atoms with Gasteiger partial charge in [-0.2, -0.15) is 0 Å². The first-order valence-corrected chi connectivity index (χ1v) is 9.09. The lowest BCUT2D eigenvalue weighted by atomic mass is 10.1. The Morgan fingerprint density at radius 2 is 1.53 bits per heavy atom. The third-order valence-electron chi connectivity index (χ3n) is 4.56. The van der Waals surface area contributed by atoms with Crippen LogP contribution in [0.25, 0.3) is 0 Å². The van der Waals surface area contributed by atoms with E-state index in [1.54, 1.807) is 12.1 Å². The monoisotopic (exact) mass is 409 g/mol. The lowest BCUT2D eigenvalue weighted by Gasteiger charge is -2.20.